The minimum atomic E-state index is 0.114. The second-order valence-electron chi connectivity index (χ2n) is 11.8. The summed E-state index contributed by atoms with van der Waals surface area (Å²) in [5.41, 5.74) is 0. The minimum Gasteiger partial charge on any atom is -0.340 e. The summed E-state index contributed by atoms with van der Waals surface area (Å²) < 4.78 is 0. The van der Waals surface area contributed by atoms with Crippen LogP contribution in [0.4, 0.5) is 0 Å². The van der Waals surface area contributed by atoms with Gasteiger partial charge in [0.05, 0.1) is 12.3 Å². The molecule has 1 heterocycles. The lowest BCUT2D eigenvalue weighted by molar-refractivity contribution is -0.131. The Labute approximate surface area is 221 Å². The summed E-state index contributed by atoms with van der Waals surface area (Å²) in [5.74, 6) is 1.99. The molecule has 3 fully saturated rings. The van der Waals surface area contributed by atoms with Gasteiger partial charge >= 0.3 is 0 Å². The van der Waals surface area contributed by atoms with Crippen LogP contribution in [0.1, 0.15) is 118 Å². The van der Waals surface area contributed by atoms with E-state index in [9.17, 15) is 9.59 Å². The number of carbonyl (C=O) groups excluding carboxylic acids is 2. The van der Waals surface area contributed by atoms with Crippen LogP contribution >= 0.6 is 0 Å². The SMILES string of the molecule is CCC(C(=O)NC(CC)N1CCN(C(CC)NC(=O)C(CC)C2CCCCC2)CC1)C1CCCCC1. The van der Waals surface area contributed by atoms with Gasteiger partial charge in [0.2, 0.25) is 11.8 Å². The van der Waals surface area contributed by atoms with Crippen LogP contribution in [0.3, 0.4) is 0 Å². The van der Waals surface area contributed by atoms with Gasteiger partial charge in [0, 0.05) is 38.0 Å². The summed E-state index contributed by atoms with van der Waals surface area (Å²) in [6.45, 7) is 12.5. The van der Waals surface area contributed by atoms with Crippen LogP contribution in [0.5, 0.6) is 0 Å². The third-order valence-electron chi connectivity index (χ3n) is 9.61. The first-order chi connectivity index (χ1) is 17.5. The lowest BCUT2D eigenvalue weighted by Gasteiger charge is -2.43. The number of piperazine rings is 1. The summed E-state index contributed by atoms with van der Waals surface area (Å²) >= 11 is 0. The van der Waals surface area contributed by atoms with Gasteiger partial charge in [-0.15, -0.1) is 0 Å². The van der Waals surface area contributed by atoms with Crippen molar-refractivity contribution in [3.63, 3.8) is 0 Å². The average molecular weight is 505 g/mol. The molecule has 4 atom stereocenters. The molecule has 1 saturated heterocycles. The highest BCUT2D eigenvalue weighted by atomic mass is 16.2. The molecule has 0 radical (unpaired) electrons. The normalized spacial score (nSPS) is 24.6. The third kappa shape index (κ3) is 7.93. The van der Waals surface area contributed by atoms with Crippen LogP contribution in [0, 0.1) is 23.7 Å². The Kier molecular flexibility index (Phi) is 12.5. The van der Waals surface area contributed by atoms with Crippen LogP contribution in [0.25, 0.3) is 0 Å². The molecule has 0 spiro atoms. The zero-order valence-electron chi connectivity index (χ0n) is 23.9. The van der Waals surface area contributed by atoms with Gasteiger partial charge in [0.15, 0.2) is 0 Å². The van der Waals surface area contributed by atoms with E-state index in [4.69, 9.17) is 0 Å². The Morgan fingerprint density at radius 2 is 0.917 bits per heavy atom. The molecule has 3 rings (SSSR count). The number of rotatable bonds is 12. The van der Waals surface area contributed by atoms with Crippen molar-refractivity contribution in [2.75, 3.05) is 26.2 Å². The van der Waals surface area contributed by atoms with Crippen LogP contribution in [0.15, 0.2) is 0 Å². The maximum absolute atomic E-state index is 13.3. The van der Waals surface area contributed by atoms with E-state index in [1.807, 2.05) is 0 Å². The van der Waals surface area contributed by atoms with E-state index < -0.39 is 0 Å². The molecule has 208 valence electrons. The number of nitrogens with one attached hydrogen (secondary N) is 2. The topological polar surface area (TPSA) is 64.7 Å². The molecule has 6 heteroatoms. The predicted molar refractivity (Wildman–Crippen MR) is 148 cm³/mol. The molecule has 0 bridgehead atoms. The van der Waals surface area contributed by atoms with E-state index in [-0.39, 0.29) is 36.0 Å². The van der Waals surface area contributed by atoms with E-state index in [1.165, 1.54) is 64.2 Å². The zero-order valence-corrected chi connectivity index (χ0v) is 23.9. The lowest BCUT2D eigenvalue weighted by atomic mass is 9.78. The molecule has 2 aliphatic carbocycles. The summed E-state index contributed by atoms with van der Waals surface area (Å²) in [5, 5.41) is 6.87. The monoisotopic (exact) mass is 504 g/mol. The van der Waals surface area contributed by atoms with Gasteiger partial charge in [-0.25, -0.2) is 0 Å². The summed E-state index contributed by atoms with van der Waals surface area (Å²) in [6.07, 6.45) is 16.6. The number of hydrogen-bond donors (Lipinski definition) is 2. The van der Waals surface area contributed by atoms with Gasteiger partial charge < -0.3 is 10.6 Å². The first-order valence-corrected chi connectivity index (χ1v) is 15.6. The molecule has 0 aromatic carbocycles. The smallest absolute Gasteiger partial charge is 0.224 e. The fourth-order valence-corrected chi connectivity index (χ4v) is 7.35. The summed E-state index contributed by atoms with van der Waals surface area (Å²) in [7, 11) is 0. The van der Waals surface area contributed by atoms with Crippen molar-refractivity contribution >= 4 is 11.8 Å². The maximum atomic E-state index is 13.3. The molecule has 2 saturated carbocycles. The quantitative estimate of drug-likeness (QED) is 0.367. The Hall–Kier alpha value is -1.14. The van der Waals surface area contributed by atoms with E-state index in [1.54, 1.807) is 0 Å². The van der Waals surface area contributed by atoms with Gasteiger partial charge in [-0.2, -0.15) is 0 Å². The Bertz CT molecular complexity index is 595. The molecular formula is C30H56N4O2. The zero-order chi connectivity index (χ0) is 25.9. The van der Waals surface area contributed by atoms with E-state index in [2.05, 4.69) is 48.1 Å². The molecule has 3 aliphatic rings. The van der Waals surface area contributed by atoms with Gasteiger partial charge in [0.1, 0.15) is 0 Å². The van der Waals surface area contributed by atoms with Crippen molar-refractivity contribution in [2.45, 2.75) is 130 Å². The Morgan fingerprint density at radius 3 is 1.19 bits per heavy atom. The van der Waals surface area contributed by atoms with Crippen LogP contribution in [-0.4, -0.2) is 60.1 Å². The van der Waals surface area contributed by atoms with Crippen LogP contribution < -0.4 is 10.6 Å². The van der Waals surface area contributed by atoms with Crippen molar-refractivity contribution in [3.05, 3.63) is 0 Å². The molecule has 6 nitrogen and oxygen atoms in total. The number of nitrogens with zero attached hydrogens (tertiary/aromatic N) is 2. The third-order valence-corrected chi connectivity index (χ3v) is 9.61. The standard InChI is InChI=1S/C30H56N4O2/c1-5-25(23-15-11-9-12-16-23)29(35)31-27(7-3)33-19-21-34(22-20-33)28(8-4)32-30(36)26(6-2)24-17-13-10-14-18-24/h23-28H,5-22H2,1-4H3,(H,31,35)(H,32,36). The average Bonchev–Trinajstić information content (AvgIpc) is 2.92. The molecule has 1 aliphatic heterocycles. The first-order valence-electron chi connectivity index (χ1n) is 15.6. The van der Waals surface area contributed by atoms with Crippen molar-refractivity contribution in [1.82, 2.24) is 20.4 Å². The largest absolute Gasteiger partial charge is 0.340 e. The number of amides is 2. The second-order valence-corrected chi connectivity index (χ2v) is 11.8. The summed E-state index contributed by atoms with van der Waals surface area (Å²) in [6, 6.07) is 0. The molecular weight excluding hydrogens is 448 g/mol. The molecule has 0 aromatic rings. The molecule has 2 N–H and O–H groups in total. The highest BCUT2D eigenvalue weighted by Gasteiger charge is 2.33. The Balaban J connectivity index is 1.49. The van der Waals surface area contributed by atoms with E-state index in [0.717, 1.165) is 51.9 Å². The fraction of sp³-hybridized carbons (Fsp3) is 0.933. The Morgan fingerprint density at radius 1 is 0.583 bits per heavy atom. The predicted octanol–water partition coefficient (Wildman–Crippen LogP) is 5.52. The van der Waals surface area contributed by atoms with Crippen molar-refractivity contribution in [1.29, 1.82) is 0 Å². The van der Waals surface area contributed by atoms with Gasteiger partial charge in [-0.3, -0.25) is 19.4 Å². The molecule has 36 heavy (non-hydrogen) atoms. The first kappa shape index (κ1) is 29.4. The van der Waals surface area contributed by atoms with Gasteiger partial charge in [-0.05, 0) is 63.2 Å². The lowest BCUT2D eigenvalue weighted by Crippen LogP contribution is -2.60. The minimum absolute atomic E-state index is 0.114. The van der Waals surface area contributed by atoms with E-state index >= 15 is 0 Å². The van der Waals surface area contributed by atoms with Crippen molar-refractivity contribution < 1.29 is 9.59 Å². The highest BCUT2D eigenvalue weighted by Crippen LogP contribution is 2.33. The van der Waals surface area contributed by atoms with Crippen molar-refractivity contribution in [3.8, 4) is 0 Å². The van der Waals surface area contributed by atoms with Crippen molar-refractivity contribution in [2.24, 2.45) is 23.7 Å². The molecule has 2 amide bonds. The summed E-state index contributed by atoms with van der Waals surface area (Å²) in [4.78, 5) is 31.4. The van der Waals surface area contributed by atoms with E-state index in [0.29, 0.717) is 11.8 Å². The van der Waals surface area contributed by atoms with Crippen LogP contribution in [-0.2, 0) is 9.59 Å². The second kappa shape index (κ2) is 15.3. The maximum Gasteiger partial charge on any atom is 0.224 e. The van der Waals surface area contributed by atoms with Crippen LogP contribution in [0.2, 0.25) is 0 Å². The highest BCUT2D eigenvalue weighted by molar-refractivity contribution is 5.79. The molecule has 0 aromatic heterocycles. The fourth-order valence-electron chi connectivity index (χ4n) is 7.35. The number of hydrogen-bond acceptors (Lipinski definition) is 4. The van der Waals surface area contributed by atoms with Gasteiger partial charge in [-0.1, -0.05) is 66.2 Å². The van der Waals surface area contributed by atoms with Gasteiger partial charge in [0.25, 0.3) is 0 Å². The molecule has 4 unspecified atom stereocenters. The number of carbonyl (C=O) groups is 2.